The quantitative estimate of drug-likeness (QED) is 0.0520. The van der Waals surface area contributed by atoms with E-state index < -0.39 is 83.2 Å². The normalized spacial score (nSPS) is 30.9. The van der Waals surface area contributed by atoms with Crippen LogP contribution >= 0.6 is 0 Å². The molecule has 2 aliphatic heterocycles. The van der Waals surface area contributed by atoms with Crippen LogP contribution in [-0.2, 0) is 39.0 Å². The van der Waals surface area contributed by atoms with Gasteiger partial charge in [-0.3, -0.25) is 9.69 Å². The summed E-state index contributed by atoms with van der Waals surface area (Å²) in [5, 5.41) is 110. The summed E-state index contributed by atoms with van der Waals surface area (Å²) >= 11 is 0. The topological polar surface area (TPSA) is 287 Å². The largest absolute Gasteiger partial charge is 0.508 e. The highest BCUT2D eigenvalue weighted by molar-refractivity contribution is 6.13. The van der Waals surface area contributed by atoms with Crippen molar-refractivity contribution in [3.8, 4) is 23.0 Å². The Kier molecular flexibility index (Phi) is 12.2. The zero-order valence-corrected chi connectivity index (χ0v) is 37.0. The number of phenolic OH excluding ortho intramolecular Hbond substituents is 3. The standard InChI is InChI=1S/C50H57N3O14/c1-2-32-33(52-25-51-32)20-29-19-26(11-15-35(29)56)12-16-40(59)53-34-22-38(66-50(65)46(62)45(61)44(60)39(24-55)67-50)37(58)21-31(34)43-42(28(8-6-18-54)23-49(43,53)47(63)64)48-17-4-3-9-30(48)14-13-27-7-5-10-36(57)41(27)48/h5,7,10-12,15-16,19,21-23,25,30,39,42-46,54-58,60-62,65H,2-4,6,8-9,13-14,17-18,20,24H2,1H3,(H,51,52)(H,63,64)/b16-12+/t30-,39-,42-,43+,44-,45+,46-,48+,49-,50+/m1/s1. The lowest BCUT2D eigenvalue weighted by Crippen LogP contribution is -2.67. The highest BCUT2D eigenvalue weighted by Crippen LogP contribution is 2.69. The van der Waals surface area contributed by atoms with Crippen molar-refractivity contribution in [2.24, 2.45) is 11.8 Å². The number of nitrogens with zero attached hydrogens (tertiary/aromatic N) is 2. The summed E-state index contributed by atoms with van der Waals surface area (Å²) in [6.45, 7) is 0.847. The molecule has 1 amide bonds. The maximum atomic E-state index is 15.2. The van der Waals surface area contributed by atoms with E-state index in [-0.39, 0.29) is 48.1 Å². The number of aromatic hydroxyl groups is 3. The van der Waals surface area contributed by atoms with Crippen LogP contribution in [0.5, 0.6) is 23.0 Å². The van der Waals surface area contributed by atoms with Crippen LogP contribution in [0.25, 0.3) is 6.08 Å². The van der Waals surface area contributed by atoms with Crippen molar-refractivity contribution >= 4 is 23.6 Å². The molecule has 10 atom stereocenters. The maximum absolute atomic E-state index is 15.2. The number of amides is 1. The first-order valence-electron chi connectivity index (χ1n) is 23.0. The summed E-state index contributed by atoms with van der Waals surface area (Å²) in [5.41, 5.74) is 2.19. The second-order valence-corrected chi connectivity index (χ2v) is 18.6. The number of carbonyl (C=O) groups is 2. The molecule has 0 unspecified atom stereocenters. The molecule has 356 valence electrons. The van der Waals surface area contributed by atoms with Gasteiger partial charge in [-0.1, -0.05) is 43.5 Å². The molecule has 4 aromatic rings. The van der Waals surface area contributed by atoms with E-state index >= 15 is 4.79 Å². The van der Waals surface area contributed by atoms with Crippen molar-refractivity contribution < 1.29 is 70.1 Å². The zero-order valence-electron chi connectivity index (χ0n) is 37.0. The van der Waals surface area contributed by atoms with Crippen LogP contribution in [0.15, 0.2) is 72.6 Å². The average molecular weight is 924 g/mol. The molecule has 0 bridgehead atoms. The van der Waals surface area contributed by atoms with Gasteiger partial charge < -0.3 is 65.5 Å². The van der Waals surface area contributed by atoms with E-state index in [2.05, 4.69) is 9.97 Å². The van der Waals surface area contributed by atoms with Gasteiger partial charge in [0.15, 0.2) is 23.1 Å². The van der Waals surface area contributed by atoms with E-state index in [1.807, 2.05) is 13.0 Å². The Morgan fingerprint density at radius 1 is 0.985 bits per heavy atom. The SMILES string of the molecule is CCc1nc[nH]c1Cc1cc(/C=C/C(=O)N2c3cc(O[C@]4(O)O[C@H](CO)[C@@H](O)[C@H](O)[C@H]4O)c(O)cc3[C@H]3[C@H]([C@@]45CCCC[C@@H]4CCc4cccc(O)c45)C(CCCO)=C[C@]32C(=O)O)ccc1O. The van der Waals surface area contributed by atoms with E-state index in [0.29, 0.717) is 42.4 Å². The molecule has 1 saturated carbocycles. The number of carboxylic acid groups (broad SMARTS) is 1. The van der Waals surface area contributed by atoms with E-state index in [1.165, 1.54) is 24.3 Å². The summed E-state index contributed by atoms with van der Waals surface area (Å²) in [4.78, 5) is 38.3. The Balaban J connectivity index is 1.22. The van der Waals surface area contributed by atoms with Gasteiger partial charge in [0, 0.05) is 59.2 Å². The molecule has 1 aromatic heterocycles. The van der Waals surface area contributed by atoms with Gasteiger partial charge in [-0.15, -0.1) is 0 Å². The highest BCUT2D eigenvalue weighted by Gasteiger charge is 2.69. The van der Waals surface area contributed by atoms with Crippen LogP contribution < -0.4 is 9.64 Å². The number of benzene rings is 3. The van der Waals surface area contributed by atoms with Crippen LogP contribution in [0.1, 0.15) is 97.0 Å². The van der Waals surface area contributed by atoms with Gasteiger partial charge >= 0.3 is 11.9 Å². The molecule has 11 N–H and O–H groups in total. The molecule has 3 aromatic carbocycles. The first-order chi connectivity index (χ1) is 32.1. The first-order valence-corrected chi connectivity index (χ1v) is 23.0. The second-order valence-electron chi connectivity index (χ2n) is 18.6. The van der Waals surface area contributed by atoms with Crippen molar-refractivity contribution in [3.05, 3.63) is 112 Å². The fraction of sp³-hybridized carbons (Fsp3) is 0.460. The van der Waals surface area contributed by atoms with Gasteiger partial charge in [-0.25, -0.2) is 9.78 Å². The van der Waals surface area contributed by atoms with Gasteiger partial charge in [0.05, 0.1) is 24.3 Å². The van der Waals surface area contributed by atoms with Gasteiger partial charge in [-0.2, -0.15) is 0 Å². The molecule has 5 aliphatic rings. The number of aliphatic carboxylic acids is 1. The van der Waals surface area contributed by atoms with Gasteiger partial charge in [-0.05, 0) is 104 Å². The number of allylic oxidation sites excluding steroid dienone is 1. The lowest BCUT2D eigenvalue weighted by Gasteiger charge is -2.55. The molecule has 3 heterocycles. The van der Waals surface area contributed by atoms with Crippen molar-refractivity contribution in [1.82, 2.24) is 9.97 Å². The number of carbonyl (C=O) groups excluding carboxylic acids is 1. The number of aromatic nitrogens is 2. The van der Waals surface area contributed by atoms with Gasteiger partial charge in [0.25, 0.3) is 5.91 Å². The zero-order chi connectivity index (χ0) is 47.6. The number of nitrogens with one attached hydrogen (secondary N) is 1. The number of aliphatic hydroxyl groups excluding tert-OH is 5. The molecular weight excluding hydrogens is 867 g/mol. The van der Waals surface area contributed by atoms with Crippen LogP contribution in [0, 0.1) is 11.8 Å². The predicted octanol–water partition coefficient (Wildman–Crippen LogP) is 3.55. The van der Waals surface area contributed by atoms with Crippen LogP contribution in [0.2, 0.25) is 0 Å². The molecule has 17 nitrogen and oxygen atoms in total. The number of aromatic amines is 1. The number of anilines is 1. The third kappa shape index (κ3) is 7.38. The minimum atomic E-state index is -3.17. The first kappa shape index (κ1) is 46.3. The number of hydrogen-bond donors (Lipinski definition) is 11. The number of rotatable bonds is 13. The molecule has 67 heavy (non-hydrogen) atoms. The Morgan fingerprint density at radius 3 is 2.54 bits per heavy atom. The van der Waals surface area contributed by atoms with Gasteiger partial charge in [0.1, 0.15) is 29.8 Å². The Labute approximate surface area is 385 Å². The van der Waals surface area contributed by atoms with Crippen LogP contribution in [-0.4, -0.2) is 122 Å². The number of hydrogen-bond acceptors (Lipinski definition) is 14. The summed E-state index contributed by atoms with van der Waals surface area (Å²) < 4.78 is 11.1. The van der Waals surface area contributed by atoms with Crippen LogP contribution in [0.4, 0.5) is 5.69 Å². The molecule has 3 aliphatic carbocycles. The molecule has 0 spiro atoms. The smallest absolute Gasteiger partial charge is 0.355 e. The minimum absolute atomic E-state index is 0.0160. The van der Waals surface area contributed by atoms with Crippen molar-refractivity contribution in [2.75, 3.05) is 18.1 Å². The average Bonchev–Trinajstić information content (AvgIpc) is 3.99. The number of phenols is 3. The fourth-order valence-electron chi connectivity index (χ4n) is 12.3. The number of aliphatic hydroxyl groups is 6. The summed E-state index contributed by atoms with van der Waals surface area (Å²) in [7, 11) is 0. The maximum Gasteiger partial charge on any atom is 0.355 e. The number of fused-ring (bicyclic) bond motifs is 6. The lowest BCUT2D eigenvalue weighted by molar-refractivity contribution is -0.422. The van der Waals surface area contributed by atoms with E-state index in [1.54, 1.807) is 36.7 Å². The van der Waals surface area contributed by atoms with Crippen molar-refractivity contribution in [2.45, 2.75) is 118 Å². The third-order valence-corrected chi connectivity index (χ3v) is 15.1. The number of H-pyrrole nitrogens is 1. The van der Waals surface area contributed by atoms with E-state index in [9.17, 15) is 55.9 Å². The molecule has 17 heteroatoms. The minimum Gasteiger partial charge on any atom is -0.508 e. The highest BCUT2D eigenvalue weighted by atomic mass is 16.8. The number of aryl methyl sites for hydroxylation is 2. The number of imidazole rings is 1. The van der Waals surface area contributed by atoms with Crippen molar-refractivity contribution in [1.29, 1.82) is 0 Å². The molecule has 2 fully saturated rings. The molecule has 1 saturated heterocycles. The Bertz CT molecular complexity index is 2630. The summed E-state index contributed by atoms with van der Waals surface area (Å²) in [5.74, 6) is -8.36. The number of ether oxygens (including phenoxy) is 2. The van der Waals surface area contributed by atoms with E-state index in [0.717, 1.165) is 59.2 Å². The molecule has 9 rings (SSSR count). The summed E-state index contributed by atoms with van der Waals surface area (Å²) in [6, 6.07) is 12.6. The molecular formula is C50H57N3O14. The molecule has 0 radical (unpaired) electrons. The predicted molar refractivity (Wildman–Crippen MR) is 240 cm³/mol. The number of carboxylic acids is 1. The van der Waals surface area contributed by atoms with Crippen molar-refractivity contribution in [3.63, 3.8) is 0 Å². The second kappa shape index (κ2) is 17.7. The van der Waals surface area contributed by atoms with Crippen LogP contribution in [0.3, 0.4) is 0 Å². The van der Waals surface area contributed by atoms with Gasteiger partial charge in [0.2, 0.25) is 0 Å². The fourth-order valence-corrected chi connectivity index (χ4v) is 12.3. The third-order valence-electron chi connectivity index (χ3n) is 15.1. The summed E-state index contributed by atoms with van der Waals surface area (Å²) in [6.07, 6.45) is 3.98. The Morgan fingerprint density at radius 2 is 1.79 bits per heavy atom. The lowest BCUT2D eigenvalue weighted by atomic mass is 9.48. The monoisotopic (exact) mass is 923 g/mol. The Hall–Kier alpha value is -5.79. The van der Waals surface area contributed by atoms with E-state index in [4.69, 9.17) is 9.47 Å².